The predicted octanol–water partition coefficient (Wildman–Crippen LogP) is 0.228. The van der Waals surface area contributed by atoms with Crippen molar-refractivity contribution in [3.8, 4) is 5.75 Å². The van der Waals surface area contributed by atoms with Gasteiger partial charge in [-0.2, -0.15) is 0 Å². The van der Waals surface area contributed by atoms with Crippen molar-refractivity contribution in [2.24, 2.45) is 5.14 Å². The summed E-state index contributed by atoms with van der Waals surface area (Å²) in [5, 5.41) is 4.05. The van der Waals surface area contributed by atoms with Crippen molar-refractivity contribution in [2.45, 2.75) is 11.7 Å². The molecule has 1 aromatic rings. The first-order valence-corrected chi connectivity index (χ1v) is 7.09. The van der Waals surface area contributed by atoms with E-state index in [0.717, 1.165) is 6.07 Å². The van der Waals surface area contributed by atoms with Gasteiger partial charge < -0.3 is 9.64 Å². The van der Waals surface area contributed by atoms with E-state index in [1.165, 1.54) is 24.1 Å². The molecule has 1 heterocycles. The highest BCUT2D eigenvalue weighted by Gasteiger charge is 2.38. The van der Waals surface area contributed by atoms with Crippen LogP contribution in [0.3, 0.4) is 0 Å². The summed E-state index contributed by atoms with van der Waals surface area (Å²) in [5.74, 6) is -0.671. The quantitative estimate of drug-likeness (QED) is 0.862. The maximum absolute atomic E-state index is 13.3. The molecule has 1 fully saturated rings. The number of ether oxygens (including phenoxy) is 1. The fourth-order valence-electron chi connectivity index (χ4n) is 2.00. The molecule has 19 heavy (non-hydrogen) atoms. The van der Waals surface area contributed by atoms with E-state index in [2.05, 4.69) is 0 Å². The normalized spacial score (nSPS) is 19.8. The number of amides is 1. The minimum absolute atomic E-state index is 0.0997. The van der Waals surface area contributed by atoms with E-state index < -0.39 is 27.0 Å². The Morgan fingerprint density at radius 3 is 2.68 bits per heavy atom. The van der Waals surface area contributed by atoms with Gasteiger partial charge in [0.2, 0.25) is 15.9 Å². The summed E-state index contributed by atoms with van der Waals surface area (Å²) in [6, 6.07) is 3.70. The molecule has 0 saturated carbocycles. The highest BCUT2D eigenvalue weighted by Crippen LogP contribution is 2.33. The lowest BCUT2D eigenvalue weighted by Crippen LogP contribution is -2.32. The molecular weight excluding hydrogens is 275 g/mol. The zero-order chi connectivity index (χ0) is 14.2. The number of carbonyl (C=O) groups excluding carboxylic acids is 1. The molecule has 1 saturated heterocycles. The Morgan fingerprint density at radius 2 is 2.16 bits per heavy atom. The predicted molar refractivity (Wildman–Crippen MR) is 66.8 cm³/mol. The summed E-state index contributed by atoms with van der Waals surface area (Å²) in [6.45, 7) is -0.0997. The molecular formula is C11H13FN2O4S. The van der Waals surface area contributed by atoms with Gasteiger partial charge in [0.15, 0.2) is 0 Å². The number of sulfonamides is 1. The number of hydrogen-bond acceptors (Lipinski definition) is 4. The van der Waals surface area contributed by atoms with E-state index in [-0.39, 0.29) is 18.7 Å². The molecule has 1 unspecified atom stereocenters. The highest BCUT2D eigenvalue weighted by molar-refractivity contribution is 7.89. The first-order chi connectivity index (χ1) is 8.82. The fourth-order valence-corrected chi connectivity index (χ4v) is 2.73. The van der Waals surface area contributed by atoms with Gasteiger partial charge in [-0.15, -0.1) is 0 Å². The Morgan fingerprint density at radius 1 is 1.47 bits per heavy atom. The first-order valence-electron chi connectivity index (χ1n) is 5.48. The van der Waals surface area contributed by atoms with Crippen LogP contribution in [0, 0.1) is 5.82 Å². The van der Waals surface area contributed by atoms with Gasteiger partial charge in [-0.05, 0) is 12.1 Å². The molecule has 1 aromatic carbocycles. The molecule has 1 atom stereocenters. The lowest BCUT2D eigenvalue weighted by molar-refractivity contribution is -0.117. The summed E-state index contributed by atoms with van der Waals surface area (Å²) >= 11 is 0. The van der Waals surface area contributed by atoms with Crippen LogP contribution in [-0.4, -0.2) is 33.2 Å². The molecule has 8 heteroatoms. The molecule has 2 rings (SSSR count). The topological polar surface area (TPSA) is 89.7 Å². The molecule has 2 N–H and O–H groups in total. The lowest BCUT2D eigenvalue weighted by Gasteiger charge is -2.19. The zero-order valence-electron chi connectivity index (χ0n) is 10.2. The number of rotatable bonds is 3. The molecule has 0 aromatic heterocycles. The van der Waals surface area contributed by atoms with Gasteiger partial charge in [0, 0.05) is 19.0 Å². The van der Waals surface area contributed by atoms with Gasteiger partial charge in [-0.3, -0.25) is 4.79 Å². The minimum atomic E-state index is -3.80. The number of primary sulfonamides is 1. The Labute approximate surface area is 110 Å². The SMILES string of the molecule is COc1ccc(F)cc1N1CC(S(N)(=O)=O)CC1=O. The smallest absolute Gasteiger partial charge is 0.228 e. The van der Waals surface area contributed by atoms with E-state index in [0.29, 0.717) is 5.75 Å². The van der Waals surface area contributed by atoms with Crippen LogP contribution in [0.2, 0.25) is 0 Å². The monoisotopic (exact) mass is 288 g/mol. The van der Waals surface area contributed by atoms with E-state index >= 15 is 0 Å². The van der Waals surface area contributed by atoms with Crippen molar-refractivity contribution in [1.82, 2.24) is 0 Å². The standard InChI is InChI=1S/C11H13FN2O4S/c1-18-10-3-2-7(12)4-9(10)14-6-8(5-11(14)15)19(13,16)17/h2-4,8H,5-6H2,1H3,(H2,13,16,17). The molecule has 1 aliphatic heterocycles. The van der Waals surface area contributed by atoms with Crippen LogP contribution in [0.4, 0.5) is 10.1 Å². The van der Waals surface area contributed by atoms with Crippen molar-refractivity contribution < 1.29 is 22.3 Å². The molecule has 6 nitrogen and oxygen atoms in total. The molecule has 0 aliphatic carbocycles. The lowest BCUT2D eigenvalue weighted by atomic mass is 10.2. The minimum Gasteiger partial charge on any atom is -0.495 e. The number of hydrogen-bond donors (Lipinski definition) is 1. The van der Waals surface area contributed by atoms with Crippen LogP contribution < -0.4 is 14.8 Å². The van der Waals surface area contributed by atoms with Crippen LogP contribution in [0.1, 0.15) is 6.42 Å². The third-order valence-electron chi connectivity index (χ3n) is 2.99. The van der Waals surface area contributed by atoms with Crippen molar-refractivity contribution >= 4 is 21.6 Å². The fraction of sp³-hybridized carbons (Fsp3) is 0.364. The second-order valence-electron chi connectivity index (χ2n) is 4.24. The molecule has 0 radical (unpaired) electrons. The van der Waals surface area contributed by atoms with Crippen molar-refractivity contribution in [3.05, 3.63) is 24.0 Å². The van der Waals surface area contributed by atoms with Crippen LogP contribution in [0.25, 0.3) is 0 Å². The van der Waals surface area contributed by atoms with Crippen LogP contribution in [0.15, 0.2) is 18.2 Å². The Kier molecular flexibility index (Phi) is 3.46. The van der Waals surface area contributed by atoms with Gasteiger partial charge >= 0.3 is 0 Å². The summed E-state index contributed by atoms with van der Waals surface area (Å²) in [7, 11) is -2.42. The number of methoxy groups -OCH3 is 1. The van der Waals surface area contributed by atoms with E-state index in [1.54, 1.807) is 0 Å². The highest BCUT2D eigenvalue weighted by atomic mass is 32.2. The average molecular weight is 288 g/mol. The van der Waals surface area contributed by atoms with Gasteiger partial charge in [0.05, 0.1) is 12.8 Å². The third-order valence-corrected chi connectivity index (χ3v) is 4.23. The summed E-state index contributed by atoms with van der Waals surface area (Å²) in [4.78, 5) is 13.0. The third kappa shape index (κ3) is 2.69. The summed E-state index contributed by atoms with van der Waals surface area (Å²) < 4.78 is 40.8. The molecule has 1 amide bonds. The number of anilines is 1. The maximum Gasteiger partial charge on any atom is 0.228 e. The molecule has 1 aliphatic rings. The summed E-state index contributed by atoms with van der Waals surface area (Å²) in [6.07, 6.45) is -0.210. The van der Waals surface area contributed by atoms with Crippen molar-refractivity contribution in [1.29, 1.82) is 0 Å². The van der Waals surface area contributed by atoms with E-state index in [4.69, 9.17) is 9.88 Å². The van der Waals surface area contributed by atoms with Gasteiger partial charge in [-0.25, -0.2) is 17.9 Å². The number of benzene rings is 1. The van der Waals surface area contributed by atoms with Crippen LogP contribution in [0.5, 0.6) is 5.75 Å². The van der Waals surface area contributed by atoms with Crippen molar-refractivity contribution in [2.75, 3.05) is 18.6 Å². The van der Waals surface area contributed by atoms with Gasteiger partial charge in [0.1, 0.15) is 16.8 Å². The molecule has 0 bridgehead atoms. The molecule has 104 valence electrons. The van der Waals surface area contributed by atoms with Crippen molar-refractivity contribution in [3.63, 3.8) is 0 Å². The van der Waals surface area contributed by atoms with Crippen LogP contribution >= 0.6 is 0 Å². The largest absolute Gasteiger partial charge is 0.495 e. The van der Waals surface area contributed by atoms with Crippen LogP contribution in [-0.2, 0) is 14.8 Å². The second kappa shape index (κ2) is 4.78. The molecule has 0 spiro atoms. The number of carbonyl (C=O) groups is 1. The Hall–Kier alpha value is -1.67. The number of halogens is 1. The second-order valence-corrected chi connectivity index (χ2v) is 6.08. The van der Waals surface area contributed by atoms with Gasteiger partial charge in [0.25, 0.3) is 0 Å². The first kappa shape index (κ1) is 13.8. The van der Waals surface area contributed by atoms with E-state index in [9.17, 15) is 17.6 Å². The average Bonchev–Trinajstić information content (AvgIpc) is 2.71. The zero-order valence-corrected chi connectivity index (χ0v) is 11.0. The Bertz CT molecular complexity index is 617. The maximum atomic E-state index is 13.3. The number of nitrogens with zero attached hydrogens (tertiary/aromatic N) is 1. The number of nitrogens with two attached hydrogens (primary N) is 1. The van der Waals surface area contributed by atoms with E-state index in [1.807, 2.05) is 0 Å². The summed E-state index contributed by atoms with van der Waals surface area (Å²) in [5.41, 5.74) is 0.207. The Balaban J connectivity index is 2.38. The van der Waals surface area contributed by atoms with Gasteiger partial charge in [-0.1, -0.05) is 0 Å².